The Morgan fingerprint density at radius 1 is 0.714 bits per heavy atom. The zero-order chi connectivity index (χ0) is 32.7. The molecule has 0 saturated carbocycles. The number of carbonyl (C=O) groups is 1. The van der Waals surface area contributed by atoms with Crippen LogP contribution in [0.25, 0.3) is 0 Å². The Hall–Kier alpha value is -2.14. The lowest BCUT2D eigenvalue weighted by Gasteiger charge is -2.34. The highest BCUT2D eigenvalue weighted by molar-refractivity contribution is 7.98. The van der Waals surface area contributed by atoms with Crippen molar-refractivity contribution in [3.8, 4) is 0 Å². The van der Waals surface area contributed by atoms with Gasteiger partial charge in [-0.2, -0.15) is 43.2 Å². The highest BCUT2D eigenvalue weighted by Crippen LogP contribution is 2.32. The molecule has 0 aromatic heterocycles. The third-order valence-electron chi connectivity index (χ3n) is 6.35. The number of likely N-dealkylation sites (N-methyl/N-ethyl adjacent to an activating group) is 1. The number of hydrogen-bond donors (Lipinski definition) is 0. The lowest BCUT2D eigenvalue weighted by Crippen LogP contribution is -2.50. The number of hydrogen-bond acceptors (Lipinski definition) is 7. The molecule has 0 saturated heterocycles. The van der Waals surface area contributed by atoms with Gasteiger partial charge in [0, 0.05) is 12.2 Å². The van der Waals surface area contributed by atoms with Crippen molar-refractivity contribution in [2.24, 2.45) is 0 Å². The Balaban J connectivity index is 5.70. The molecule has 42 heavy (non-hydrogen) atoms. The Kier molecular flexibility index (Phi) is 16.9. The highest BCUT2D eigenvalue weighted by atomic mass is 32.3. The molecule has 0 bridgehead atoms. The number of ether oxygens (including phenoxy) is 2. The lowest BCUT2D eigenvalue weighted by molar-refractivity contribution is -0.910. The van der Waals surface area contributed by atoms with Crippen molar-refractivity contribution < 1.29 is 65.3 Å². The summed E-state index contributed by atoms with van der Waals surface area (Å²) in [5.74, 6) is -2.49. The molecule has 17 heteroatoms. The summed E-state index contributed by atoms with van der Waals surface area (Å²) in [6.45, 7) is 8.04. The van der Waals surface area contributed by atoms with Crippen LogP contribution in [0.4, 0.5) is 26.3 Å². The van der Waals surface area contributed by atoms with Gasteiger partial charge in [-0.3, -0.25) is 0 Å². The third kappa shape index (κ3) is 13.0. The van der Waals surface area contributed by atoms with Gasteiger partial charge in [-0.15, -0.1) is 0 Å². The minimum atomic E-state index is -7.10. The van der Waals surface area contributed by atoms with E-state index < -0.39 is 52.9 Å². The fourth-order valence-electron chi connectivity index (χ4n) is 3.85. The molecule has 0 aliphatic carbocycles. The fourth-order valence-corrected chi connectivity index (χ4v) is 6.50. The van der Waals surface area contributed by atoms with Gasteiger partial charge in [-0.25, -0.2) is 4.79 Å². The number of alkyl halides is 6. The summed E-state index contributed by atoms with van der Waals surface area (Å²) in [5, 5.41) is 0. The van der Waals surface area contributed by atoms with E-state index >= 15 is 0 Å². The van der Waals surface area contributed by atoms with Gasteiger partial charge in [0.05, 0.1) is 17.0 Å². The molecule has 0 N–H and O–H groups in total. The van der Waals surface area contributed by atoms with Gasteiger partial charge >= 0.3 is 42.9 Å². The molecule has 0 aromatic carbocycles. The van der Waals surface area contributed by atoms with E-state index in [0.29, 0.717) is 13.0 Å². The molecule has 0 aromatic rings. The second kappa shape index (κ2) is 17.9. The fraction of sp³-hybridized carbons (Fsp3) is 0.760. The van der Waals surface area contributed by atoms with Crippen LogP contribution in [0.15, 0.2) is 25.3 Å². The van der Waals surface area contributed by atoms with Crippen LogP contribution in [-0.4, -0.2) is 87.5 Å². The molecular weight excluding hydrogens is 618 g/mol. The van der Waals surface area contributed by atoms with Gasteiger partial charge in [0.25, 0.3) is 0 Å². The van der Waals surface area contributed by atoms with Gasteiger partial charge in [-0.05, 0) is 12.8 Å². The first-order valence-corrected chi connectivity index (χ1v) is 16.4. The molecule has 0 rings (SSSR count). The number of rotatable bonds is 21. The number of carbonyl (C=O) groups excluding carboxylic acids is 1. The summed E-state index contributed by atoms with van der Waals surface area (Å²) in [7, 11) is -12.5. The van der Waals surface area contributed by atoms with Crippen LogP contribution >= 0.6 is 0 Å². The Labute approximate surface area is 244 Å². The lowest BCUT2D eigenvalue weighted by atomic mass is 10.1. The quantitative estimate of drug-likeness (QED) is 0.0237. The van der Waals surface area contributed by atoms with E-state index in [4.69, 9.17) is 9.47 Å². The Bertz CT molecular complexity index is 1080. The normalized spacial score (nSPS) is 14.1. The molecule has 0 spiro atoms. The smallest absolute Gasteiger partial charge is 0.457 e. The topological polar surface area (TPSA) is 107 Å². The monoisotopic (exact) mass is 660 g/mol. The van der Waals surface area contributed by atoms with Crippen molar-refractivity contribution in [1.82, 2.24) is 0 Å². The summed E-state index contributed by atoms with van der Waals surface area (Å²) in [6, 6.07) is 0. The van der Waals surface area contributed by atoms with Crippen LogP contribution in [0.1, 0.15) is 71.1 Å². The minimum Gasteiger partial charge on any atom is -0.457 e. The second-order valence-electron chi connectivity index (χ2n) is 9.83. The van der Waals surface area contributed by atoms with E-state index in [-0.39, 0.29) is 30.3 Å². The van der Waals surface area contributed by atoms with Crippen molar-refractivity contribution in [3.63, 3.8) is 0 Å². The van der Waals surface area contributed by atoms with Gasteiger partial charge in [0.2, 0.25) is 0 Å². The zero-order valence-electron chi connectivity index (χ0n) is 24.0. The molecule has 0 fully saturated rings. The van der Waals surface area contributed by atoms with E-state index in [1.165, 1.54) is 25.7 Å². The van der Waals surface area contributed by atoms with E-state index in [0.717, 1.165) is 38.2 Å². The van der Waals surface area contributed by atoms with Gasteiger partial charge in [0.1, 0.15) is 26.3 Å². The molecule has 1 atom stereocenters. The summed E-state index contributed by atoms with van der Waals surface area (Å²) in [6.07, 6.45) is 11.6. The highest BCUT2D eigenvalue weighted by Gasteiger charge is 2.68. The van der Waals surface area contributed by atoms with Crippen LogP contribution in [0, 0.1) is 0 Å². The summed E-state index contributed by atoms with van der Waals surface area (Å²) in [4.78, 5) is 11.4. The summed E-state index contributed by atoms with van der Waals surface area (Å²) in [5.41, 5.74) is -12.8. The van der Waals surface area contributed by atoms with Crippen LogP contribution in [-0.2, 0) is 34.3 Å². The standard InChI is InChI=1S/C25H42F6N2O7S2/c1-5-8-9-10-11-12-13-14-15-16-17-33(4,19-21-40-23(34)7-3)18-20-39-22(6-2)32(41(35,36)24(26,27)28)42(37,38)25(29,30)31/h6-7H,2-3,5,8-21H2,1,4H3/q+2. The number of halogens is 6. The minimum absolute atomic E-state index is 0.0594. The van der Waals surface area contributed by atoms with E-state index in [1.807, 2.05) is 0 Å². The van der Waals surface area contributed by atoms with Gasteiger partial charge in [0.15, 0.2) is 0 Å². The first-order chi connectivity index (χ1) is 19.3. The first kappa shape index (κ1) is 39.9. The number of esters is 1. The Morgan fingerprint density at radius 3 is 1.50 bits per heavy atom. The van der Waals surface area contributed by atoms with Gasteiger partial charge < -0.3 is 14.0 Å². The van der Waals surface area contributed by atoms with Crippen LogP contribution < -0.4 is 0 Å². The van der Waals surface area contributed by atoms with E-state index in [2.05, 4.69) is 20.1 Å². The largest absolute Gasteiger partial charge is 0.561 e. The van der Waals surface area contributed by atoms with E-state index in [9.17, 15) is 48.0 Å². The van der Waals surface area contributed by atoms with Crippen molar-refractivity contribution in [2.75, 3.05) is 39.9 Å². The molecule has 9 nitrogen and oxygen atoms in total. The average molecular weight is 661 g/mol. The molecule has 1 unspecified atom stereocenters. The zero-order valence-corrected chi connectivity index (χ0v) is 25.6. The third-order valence-corrected chi connectivity index (χ3v) is 9.93. The van der Waals surface area contributed by atoms with Gasteiger partial charge in [-0.1, -0.05) is 71.4 Å². The molecule has 0 amide bonds. The van der Waals surface area contributed by atoms with Crippen molar-refractivity contribution >= 4 is 31.9 Å². The molecule has 0 aliphatic rings. The maximum atomic E-state index is 13.1. The molecule has 0 aliphatic heterocycles. The maximum Gasteiger partial charge on any atom is 0.561 e. The first-order valence-electron chi connectivity index (χ1n) is 13.5. The number of sulfonamides is 2. The van der Waals surface area contributed by atoms with Crippen molar-refractivity contribution in [2.45, 2.75) is 82.1 Å². The predicted octanol–water partition coefficient (Wildman–Crippen LogP) is 5.40. The number of unbranched alkanes of at least 4 members (excludes halogenated alkanes) is 9. The van der Waals surface area contributed by atoms with Crippen molar-refractivity contribution in [3.05, 3.63) is 25.3 Å². The maximum absolute atomic E-state index is 13.1. The summed E-state index contributed by atoms with van der Waals surface area (Å²) >= 11 is 0. The Morgan fingerprint density at radius 2 is 1.12 bits per heavy atom. The number of nitrogens with zero attached hydrogens (tertiary/aromatic N) is 2. The molecule has 0 heterocycles. The van der Waals surface area contributed by atoms with Crippen LogP contribution in [0.2, 0.25) is 0 Å². The van der Waals surface area contributed by atoms with Crippen molar-refractivity contribution in [1.29, 1.82) is 0 Å². The predicted molar refractivity (Wildman–Crippen MR) is 145 cm³/mol. The number of quaternary nitrogens is 1. The molecule has 246 valence electrons. The second-order valence-corrected chi connectivity index (χ2v) is 13.6. The molecule has 0 radical (unpaired) electrons. The average Bonchev–Trinajstić information content (AvgIpc) is 2.87. The summed E-state index contributed by atoms with van der Waals surface area (Å²) < 4.78 is 134. The molecular formula is C25H42F6N2O7S2+2. The van der Waals surface area contributed by atoms with Crippen LogP contribution in [0.3, 0.4) is 0 Å². The van der Waals surface area contributed by atoms with E-state index in [1.54, 1.807) is 7.05 Å². The SMILES string of the molecule is C=CC(=O)OCC[N+](C)(CCCCCCCCCCCC)CCOC(C=C)=[N+](S(=O)(=O)C(F)(F)F)S(=O)(=O)C(F)(F)F. The van der Waals surface area contributed by atoms with Crippen LogP contribution in [0.5, 0.6) is 0 Å².